The van der Waals surface area contributed by atoms with E-state index >= 15 is 0 Å². The molecule has 1 saturated heterocycles. The molecule has 0 saturated carbocycles. The van der Waals surface area contributed by atoms with Crippen LogP contribution in [-0.2, 0) is 9.47 Å². The number of rotatable bonds is 6. The van der Waals surface area contributed by atoms with E-state index in [9.17, 15) is 9.59 Å². The molecule has 1 aliphatic rings. The highest BCUT2D eigenvalue weighted by Gasteiger charge is 2.18. The molecule has 4 aromatic rings. The van der Waals surface area contributed by atoms with Crippen LogP contribution >= 0.6 is 0 Å². The van der Waals surface area contributed by atoms with Gasteiger partial charge in [0.05, 0.1) is 31.7 Å². The Morgan fingerprint density at radius 1 is 1.05 bits per heavy atom. The molecule has 0 aliphatic carbocycles. The van der Waals surface area contributed by atoms with Crippen molar-refractivity contribution in [1.29, 1.82) is 0 Å². The lowest BCUT2D eigenvalue weighted by molar-refractivity contribution is 0.0636. The summed E-state index contributed by atoms with van der Waals surface area (Å²) >= 11 is 0. The van der Waals surface area contributed by atoms with Crippen LogP contribution in [0.5, 0.6) is 5.75 Å². The molecule has 2 N–H and O–H groups in total. The van der Waals surface area contributed by atoms with Gasteiger partial charge in [0.15, 0.2) is 5.65 Å². The standard InChI is InChI=1S/C30H34N6O5/c1-19-15-26(37)36(22-8-6-7-20(16-22)32-29(38)41-30(2,3)4)27-23(19)18-31-28(34-27)33-24-10-9-21(17-25(24)39-5)35-11-13-40-14-12-35/h6-10,15-18H,11-14H2,1-5H3,(H,32,38)(H,31,33,34). The van der Waals surface area contributed by atoms with Crippen LogP contribution in [0.2, 0.25) is 0 Å². The Morgan fingerprint density at radius 3 is 2.56 bits per heavy atom. The number of carbonyl (C=O) groups is 1. The number of morpholine rings is 1. The van der Waals surface area contributed by atoms with Crippen molar-refractivity contribution in [2.75, 3.05) is 48.9 Å². The lowest BCUT2D eigenvalue weighted by Gasteiger charge is -2.29. The smallest absolute Gasteiger partial charge is 0.412 e. The van der Waals surface area contributed by atoms with Crippen LogP contribution in [-0.4, -0.2) is 59.6 Å². The first kappa shape index (κ1) is 27.9. The Hall–Kier alpha value is -4.64. The molecule has 0 unspecified atom stereocenters. The van der Waals surface area contributed by atoms with Crippen LogP contribution in [0.15, 0.2) is 59.5 Å². The summed E-state index contributed by atoms with van der Waals surface area (Å²) in [5.74, 6) is 0.942. The van der Waals surface area contributed by atoms with Crippen LogP contribution in [0.25, 0.3) is 16.7 Å². The van der Waals surface area contributed by atoms with Gasteiger partial charge >= 0.3 is 6.09 Å². The molecular weight excluding hydrogens is 524 g/mol. The van der Waals surface area contributed by atoms with Crippen LogP contribution in [0.1, 0.15) is 26.3 Å². The van der Waals surface area contributed by atoms with E-state index in [1.54, 1.807) is 64.4 Å². The Kier molecular flexibility index (Phi) is 7.80. The molecule has 0 atom stereocenters. The first-order valence-electron chi connectivity index (χ1n) is 13.4. The van der Waals surface area contributed by atoms with Gasteiger partial charge in [0.25, 0.3) is 5.56 Å². The van der Waals surface area contributed by atoms with E-state index in [0.717, 1.165) is 29.7 Å². The van der Waals surface area contributed by atoms with Gasteiger partial charge in [0, 0.05) is 48.2 Å². The topological polar surface area (TPSA) is 120 Å². The Balaban J connectivity index is 1.49. The van der Waals surface area contributed by atoms with Crippen molar-refractivity contribution in [1.82, 2.24) is 14.5 Å². The maximum absolute atomic E-state index is 13.3. The van der Waals surface area contributed by atoms with Gasteiger partial charge in [-0.05, 0) is 63.6 Å². The molecule has 1 aliphatic heterocycles. The molecule has 1 amide bonds. The number of nitrogens with one attached hydrogen (secondary N) is 2. The van der Waals surface area contributed by atoms with E-state index in [2.05, 4.69) is 20.5 Å². The number of aryl methyl sites for hydroxylation is 1. The van der Waals surface area contributed by atoms with Gasteiger partial charge in [-0.1, -0.05) is 6.07 Å². The largest absolute Gasteiger partial charge is 0.494 e. The Bertz CT molecular complexity index is 1640. The van der Waals surface area contributed by atoms with Crippen molar-refractivity contribution in [3.8, 4) is 11.4 Å². The number of nitrogens with zero attached hydrogens (tertiary/aromatic N) is 4. The highest BCUT2D eigenvalue weighted by molar-refractivity contribution is 5.86. The summed E-state index contributed by atoms with van der Waals surface area (Å²) in [5.41, 5.74) is 3.02. The third-order valence-electron chi connectivity index (χ3n) is 6.52. The average Bonchev–Trinajstić information content (AvgIpc) is 2.93. The number of hydrogen-bond acceptors (Lipinski definition) is 9. The van der Waals surface area contributed by atoms with E-state index in [1.165, 1.54) is 4.57 Å². The molecule has 2 aromatic carbocycles. The van der Waals surface area contributed by atoms with E-state index in [-0.39, 0.29) is 5.56 Å². The van der Waals surface area contributed by atoms with Gasteiger partial charge in [-0.2, -0.15) is 4.98 Å². The fraction of sp³-hybridized carbons (Fsp3) is 0.333. The number of pyridine rings is 1. The van der Waals surface area contributed by atoms with E-state index in [0.29, 0.717) is 47.6 Å². The SMILES string of the molecule is COc1cc(N2CCOCC2)ccc1Nc1ncc2c(C)cc(=O)n(-c3cccc(NC(=O)OC(C)(C)C)c3)c2n1. The lowest BCUT2D eigenvalue weighted by atomic mass is 10.2. The molecule has 0 spiro atoms. The van der Waals surface area contributed by atoms with Gasteiger partial charge in [0.2, 0.25) is 5.95 Å². The number of amides is 1. The molecule has 41 heavy (non-hydrogen) atoms. The number of benzene rings is 2. The fourth-order valence-corrected chi connectivity index (χ4v) is 4.63. The summed E-state index contributed by atoms with van der Waals surface area (Å²) < 4.78 is 18.0. The molecule has 3 heterocycles. The van der Waals surface area contributed by atoms with Crippen LogP contribution < -0.4 is 25.8 Å². The quantitative estimate of drug-likeness (QED) is 0.336. The molecule has 1 fully saturated rings. The predicted molar refractivity (Wildman–Crippen MR) is 159 cm³/mol. The number of carbonyl (C=O) groups excluding carboxylic acids is 1. The van der Waals surface area contributed by atoms with Gasteiger partial charge in [0.1, 0.15) is 11.4 Å². The van der Waals surface area contributed by atoms with Crippen LogP contribution in [0.4, 0.5) is 27.8 Å². The molecule has 0 radical (unpaired) electrons. The third kappa shape index (κ3) is 6.41. The number of hydrogen-bond donors (Lipinski definition) is 2. The molecule has 11 heteroatoms. The molecule has 0 bridgehead atoms. The van der Waals surface area contributed by atoms with E-state index in [1.807, 2.05) is 25.1 Å². The minimum atomic E-state index is -0.641. The summed E-state index contributed by atoms with van der Waals surface area (Å²) in [6, 6.07) is 14.4. The monoisotopic (exact) mass is 558 g/mol. The molecule has 2 aromatic heterocycles. The second-order valence-corrected chi connectivity index (χ2v) is 10.7. The highest BCUT2D eigenvalue weighted by atomic mass is 16.6. The molecule has 11 nitrogen and oxygen atoms in total. The van der Waals surface area contributed by atoms with Crippen molar-refractivity contribution >= 4 is 40.1 Å². The predicted octanol–water partition coefficient (Wildman–Crippen LogP) is 5.02. The van der Waals surface area contributed by atoms with Gasteiger partial charge in [-0.25, -0.2) is 9.78 Å². The molecule has 5 rings (SSSR count). The van der Waals surface area contributed by atoms with E-state index < -0.39 is 11.7 Å². The van der Waals surface area contributed by atoms with Crippen molar-refractivity contribution in [2.45, 2.75) is 33.3 Å². The van der Waals surface area contributed by atoms with Gasteiger partial charge in [-0.15, -0.1) is 0 Å². The number of fused-ring (bicyclic) bond motifs is 1. The maximum atomic E-state index is 13.3. The summed E-state index contributed by atoms with van der Waals surface area (Å²) in [7, 11) is 1.62. The van der Waals surface area contributed by atoms with Crippen molar-refractivity contribution < 1.29 is 19.0 Å². The molecular formula is C30H34N6O5. The average molecular weight is 559 g/mol. The third-order valence-corrected chi connectivity index (χ3v) is 6.52. The zero-order valence-electron chi connectivity index (χ0n) is 23.9. The first-order chi connectivity index (χ1) is 19.6. The minimum Gasteiger partial charge on any atom is -0.494 e. The van der Waals surface area contributed by atoms with E-state index in [4.69, 9.17) is 19.2 Å². The normalized spacial score (nSPS) is 13.6. The van der Waals surface area contributed by atoms with Crippen molar-refractivity contribution in [3.63, 3.8) is 0 Å². The highest BCUT2D eigenvalue weighted by Crippen LogP contribution is 2.32. The zero-order valence-corrected chi connectivity index (χ0v) is 23.9. The fourth-order valence-electron chi connectivity index (χ4n) is 4.63. The molecule has 214 valence electrons. The van der Waals surface area contributed by atoms with Crippen molar-refractivity contribution in [3.05, 3.63) is 70.6 Å². The summed E-state index contributed by atoms with van der Waals surface area (Å²) in [6.45, 7) is 10.2. The number of ether oxygens (including phenoxy) is 3. The zero-order chi connectivity index (χ0) is 29.1. The second kappa shape index (κ2) is 11.5. The Morgan fingerprint density at radius 2 is 1.83 bits per heavy atom. The minimum absolute atomic E-state index is 0.262. The van der Waals surface area contributed by atoms with Gasteiger partial charge in [-0.3, -0.25) is 14.7 Å². The maximum Gasteiger partial charge on any atom is 0.412 e. The van der Waals surface area contributed by atoms with Crippen LogP contribution in [0, 0.1) is 6.92 Å². The van der Waals surface area contributed by atoms with Crippen molar-refractivity contribution in [2.24, 2.45) is 0 Å². The van der Waals surface area contributed by atoms with Crippen LogP contribution in [0.3, 0.4) is 0 Å². The number of aromatic nitrogens is 3. The Labute approximate surface area is 238 Å². The van der Waals surface area contributed by atoms with Gasteiger partial charge < -0.3 is 24.4 Å². The summed E-state index contributed by atoms with van der Waals surface area (Å²) in [5, 5.41) is 6.69. The number of anilines is 4. The second-order valence-electron chi connectivity index (χ2n) is 10.7. The first-order valence-corrected chi connectivity index (χ1v) is 13.4. The lowest BCUT2D eigenvalue weighted by Crippen LogP contribution is -2.36. The summed E-state index contributed by atoms with van der Waals surface area (Å²) in [6.07, 6.45) is 1.10. The summed E-state index contributed by atoms with van der Waals surface area (Å²) in [4.78, 5) is 37.1. The number of methoxy groups -OCH3 is 1.